The molecular formula is C37H42ClN3O4S. The smallest absolute Gasteiger partial charge is 0.264 e. The van der Waals surface area contributed by atoms with E-state index >= 15 is 0 Å². The van der Waals surface area contributed by atoms with Gasteiger partial charge in [-0.3, -0.25) is 13.9 Å². The number of rotatable bonds is 13. The van der Waals surface area contributed by atoms with Crippen LogP contribution in [0.25, 0.3) is 0 Å². The molecule has 0 bridgehead atoms. The number of carbonyl (C=O) groups excluding carboxylic acids is 2. The third-order valence-corrected chi connectivity index (χ3v) is 9.98. The van der Waals surface area contributed by atoms with Gasteiger partial charge in [0.1, 0.15) is 12.6 Å². The predicted molar refractivity (Wildman–Crippen MR) is 185 cm³/mol. The number of benzene rings is 4. The minimum atomic E-state index is -4.18. The summed E-state index contributed by atoms with van der Waals surface area (Å²) in [5.74, 6) is -0.618. The fraction of sp³-hybridized carbons (Fsp3) is 0.297. The number of anilines is 1. The maximum atomic E-state index is 14.6. The first-order valence-electron chi connectivity index (χ1n) is 15.4. The van der Waals surface area contributed by atoms with Crippen LogP contribution in [0.4, 0.5) is 5.69 Å². The van der Waals surface area contributed by atoms with Crippen LogP contribution in [0, 0.1) is 26.7 Å². The van der Waals surface area contributed by atoms with Crippen LogP contribution in [-0.2, 0) is 32.6 Å². The molecule has 0 radical (unpaired) electrons. The van der Waals surface area contributed by atoms with E-state index in [2.05, 4.69) is 5.32 Å². The molecule has 0 saturated heterocycles. The van der Waals surface area contributed by atoms with Crippen LogP contribution in [-0.4, -0.2) is 44.3 Å². The summed E-state index contributed by atoms with van der Waals surface area (Å²) >= 11 is 6.17. The highest BCUT2D eigenvalue weighted by atomic mass is 35.5. The monoisotopic (exact) mass is 659 g/mol. The number of aryl methyl sites for hydroxylation is 2. The Kier molecular flexibility index (Phi) is 11.7. The van der Waals surface area contributed by atoms with Gasteiger partial charge in [-0.1, -0.05) is 97.7 Å². The Morgan fingerprint density at radius 1 is 0.804 bits per heavy atom. The molecule has 242 valence electrons. The van der Waals surface area contributed by atoms with Gasteiger partial charge >= 0.3 is 0 Å². The van der Waals surface area contributed by atoms with Gasteiger partial charge in [0, 0.05) is 24.5 Å². The van der Waals surface area contributed by atoms with E-state index in [0.29, 0.717) is 17.3 Å². The van der Waals surface area contributed by atoms with Crippen LogP contribution in [0.2, 0.25) is 5.02 Å². The largest absolute Gasteiger partial charge is 0.354 e. The Labute approximate surface area is 278 Å². The fourth-order valence-corrected chi connectivity index (χ4v) is 6.72. The third kappa shape index (κ3) is 8.77. The number of halogens is 1. The first-order valence-corrected chi connectivity index (χ1v) is 17.2. The van der Waals surface area contributed by atoms with Crippen LogP contribution in [0.3, 0.4) is 0 Å². The lowest BCUT2D eigenvalue weighted by Crippen LogP contribution is -2.53. The topological polar surface area (TPSA) is 86.8 Å². The summed E-state index contributed by atoms with van der Waals surface area (Å²) in [5.41, 5.74) is 4.59. The molecule has 0 fully saturated rings. The van der Waals surface area contributed by atoms with Crippen LogP contribution < -0.4 is 9.62 Å². The van der Waals surface area contributed by atoms with Crippen LogP contribution in [0.15, 0.2) is 102 Å². The van der Waals surface area contributed by atoms with Gasteiger partial charge in [-0.2, -0.15) is 0 Å². The number of hydrogen-bond donors (Lipinski definition) is 1. The molecule has 0 aromatic heterocycles. The van der Waals surface area contributed by atoms with Gasteiger partial charge in [-0.25, -0.2) is 8.42 Å². The van der Waals surface area contributed by atoms with Crippen molar-refractivity contribution in [1.82, 2.24) is 10.2 Å². The molecule has 4 aromatic carbocycles. The first kappa shape index (κ1) is 34.7. The highest BCUT2D eigenvalue weighted by Gasteiger charge is 2.35. The van der Waals surface area contributed by atoms with Crippen molar-refractivity contribution in [2.45, 2.75) is 58.5 Å². The quantitative estimate of drug-likeness (QED) is 0.170. The average molecular weight is 660 g/mol. The molecule has 0 aliphatic carbocycles. The molecule has 0 aliphatic rings. The Hall–Kier alpha value is -4.14. The van der Waals surface area contributed by atoms with Crippen molar-refractivity contribution in [3.8, 4) is 0 Å². The molecule has 1 atom stereocenters. The number of nitrogens with one attached hydrogen (secondary N) is 1. The van der Waals surface area contributed by atoms with Gasteiger partial charge < -0.3 is 10.2 Å². The normalized spacial score (nSPS) is 12.1. The van der Waals surface area contributed by atoms with Crippen molar-refractivity contribution in [2.24, 2.45) is 5.92 Å². The summed E-state index contributed by atoms with van der Waals surface area (Å²) in [7, 11) is -4.18. The molecule has 1 N–H and O–H groups in total. The van der Waals surface area contributed by atoms with Crippen molar-refractivity contribution >= 4 is 39.1 Å². The second-order valence-corrected chi connectivity index (χ2v) is 14.3. The Bertz CT molecular complexity index is 1740. The summed E-state index contributed by atoms with van der Waals surface area (Å²) in [6.07, 6.45) is 0.248. The number of hydrogen-bond acceptors (Lipinski definition) is 4. The van der Waals surface area contributed by atoms with E-state index in [1.54, 1.807) is 60.7 Å². The molecule has 4 aromatic rings. The van der Waals surface area contributed by atoms with E-state index < -0.39 is 28.5 Å². The molecule has 0 spiro atoms. The van der Waals surface area contributed by atoms with Crippen molar-refractivity contribution < 1.29 is 18.0 Å². The lowest BCUT2D eigenvalue weighted by atomic mass is 10.0. The van der Waals surface area contributed by atoms with E-state index in [1.807, 2.05) is 71.0 Å². The molecule has 2 amide bonds. The van der Waals surface area contributed by atoms with Crippen LogP contribution in [0.1, 0.15) is 41.7 Å². The summed E-state index contributed by atoms with van der Waals surface area (Å²) in [6, 6.07) is 27.6. The van der Waals surface area contributed by atoms with Gasteiger partial charge in [0.15, 0.2) is 0 Å². The fourth-order valence-electron chi connectivity index (χ4n) is 5.12. The zero-order valence-corrected chi connectivity index (χ0v) is 28.6. The standard InChI is InChI=1S/C37H42ClN3O4S/c1-26(2)23-39-37(43)35(22-30-11-7-6-8-12-30)40(24-31-16-18-32(38)19-17-31)36(42)25-41(34-13-9-10-28(4)29(34)5)46(44,45)33-20-14-27(3)15-21-33/h6-21,26,35H,22-25H2,1-5H3,(H,39,43)/t35-/m1/s1. The van der Waals surface area contributed by atoms with Crippen molar-refractivity contribution in [3.63, 3.8) is 0 Å². The zero-order chi connectivity index (χ0) is 33.4. The van der Waals surface area contributed by atoms with Gasteiger partial charge in [0.2, 0.25) is 11.8 Å². The van der Waals surface area contributed by atoms with Gasteiger partial charge in [-0.05, 0) is 79.3 Å². The number of amides is 2. The Morgan fingerprint density at radius 3 is 2.09 bits per heavy atom. The molecule has 4 rings (SSSR count). The molecule has 0 heterocycles. The minimum Gasteiger partial charge on any atom is -0.354 e. The van der Waals surface area contributed by atoms with Crippen molar-refractivity contribution in [3.05, 3.63) is 130 Å². The minimum absolute atomic E-state index is 0.0755. The SMILES string of the molecule is Cc1ccc(S(=O)(=O)N(CC(=O)N(Cc2ccc(Cl)cc2)[C@H](Cc2ccccc2)C(=O)NCC(C)C)c2cccc(C)c2C)cc1. The predicted octanol–water partition coefficient (Wildman–Crippen LogP) is 6.87. The Balaban J connectivity index is 1.82. The maximum absolute atomic E-state index is 14.6. The van der Waals surface area contributed by atoms with E-state index in [4.69, 9.17) is 11.6 Å². The molecule has 0 unspecified atom stereocenters. The molecule has 46 heavy (non-hydrogen) atoms. The van der Waals surface area contributed by atoms with Gasteiger partial charge in [-0.15, -0.1) is 0 Å². The maximum Gasteiger partial charge on any atom is 0.264 e. The van der Waals surface area contributed by atoms with E-state index in [-0.39, 0.29) is 29.7 Å². The summed E-state index contributed by atoms with van der Waals surface area (Å²) in [5, 5.41) is 3.55. The molecular weight excluding hydrogens is 618 g/mol. The van der Waals surface area contributed by atoms with Gasteiger partial charge in [0.25, 0.3) is 10.0 Å². The number of nitrogens with zero attached hydrogens (tertiary/aromatic N) is 2. The average Bonchev–Trinajstić information content (AvgIpc) is 3.03. The first-order chi connectivity index (χ1) is 21.9. The number of carbonyl (C=O) groups is 2. The molecule has 7 nitrogen and oxygen atoms in total. The molecule has 9 heteroatoms. The number of sulfonamides is 1. The zero-order valence-electron chi connectivity index (χ0n) is 27.0. The van der Waals surface area contributed by atoms with E-state index in [9.17, 15) is 18.0 Å². The van der Waals surface area contributed by atoms with Gasteiger partial charge in [0.05, 0.1) is 10.6 Å². The summed E-state index contributed by atoms with van der Waals surface area (Å²) < 4.78 is 29.8. The van der Waals surface area contributed by atoms with Crippen LogP contribution in [0.5, 0.6) is 0 Å². The van der Waals surface area contributed by atoms with Crippen molar-refractivity contribution in [2.75, 3.05) is 17.4 Å². The lowest BCUT2D eigenvalue weighted by molar-refractivity contribution is -0.140. The summed E-state index contributed by atoms with van der Waals surface area (Å²) in [4.78, 5) is 30.1. The third-order valence-electron chi connectivity index (χ3n) is 7.95. The highest BCUT2D eigenvalue weighted by Crippen LogP contribution is 2.29. The lowest BCUT2D eigenvalue weighted by Gasteiger charge is -2.34. The summed E-state index contributed by atoms with van der Waals surface area (Å²) in [6.45, 7) is 9.64. The van der Waals surface area contributed by atoms with E-state index in [1.165, 1.54) is 9.21 Å². The highest BCUT2D eigenvalue weighted by molar-refractivity contribution is 7.92. The van der Waals surface area contributed by atoms with Crippen molar-refractivity contribution in [1.29, 1.82) is 0 Å². The second-order valence-electron chi connectivity index (χ2n) is 12.0. The molecule has 0 aliphatic heterocycles. The van der Waals surface area contributed by atoms with E-state index in [0.717, 1.165) is 27.8 Å². The second kappa shape index (κ2) is 15.4. The Morgan fingerprint density at radius 2 is 1.46 bits per heavy atom. The van der Waals surface area contributed by atoms with Crippen LogP contribution >= 0.6 is 11.6 Å². The molecule has 0 saturated carbocycles.